The molecule has 2 aliphatic rings. The molecule has 2 rings (SSSR count). The number of likely N-dealkylation sites (tertiary alicyclic amines) is 1. The number of amides is 2. The first-order chi connectivity index (χ1) is 8.52. The molecule has 0 aromatic carbocycles. The lowest BCUT2D eigenvalue weighted by molar-refractivity contribution is -0.144. The summed E-state index contributed by atoms with van der Waals surface area (Å²) in [6, 6.07) is 0. The maximum Gasteiger partial charge on any atom is 0.306 e. The molecule has 5 heteroatoms. The molecule has 1 N–H and O–H groups in total. The Bertz CT molecular complexity index is 355. The number of rotatable bonds is 4. The number of carbonyl (C=O) groups excluding carboxylic acids is 2. The Hall–Kier alpha value is -1.39. The minimum atomic E-state index is -0.883. The van der Waals surface area contributed by atoms with Crippen LogP contribution in [0, 0.1) is 17.8 Å². The largest absolute Gasteiger partial charge is 0.481 e. The molecule has 0 radical (unpaired) electrons. The monoisotopic (exact) mass is 253 g/mol. The summed E-state index contributed by atoms with van der Waals surface area (Å²) in [5.41, 5.74) is 0. The molecular formula is C13H19NO4. The highest BCUT2D eigenvalue weighted by Crippen LogP contribution is 2.38. The van der Waals surface area contributed by atoms with Gasteiger partial charge in [0, 0.05) is 6.54 Å². The van der Waals surface area contributed by atoms with E-state index in [0.717, 1.165) is 25.7 Å². The molecule has 0 aromatic rings. The molecule has 0 bridgehead atoms. The van der Waals surface area contributed by atoms with Gasteiger partial charge < -0.3 is 5.11 Å². The van der Waals surface area contributed by atoms with Gasteiger partial charge in [0.15, 0.2) is 0 Å². The number of carbonyl (C=O) groups is 3. The normalized spacial score (nSPS) is 29.3. The number of carboxylic acids is 1. The van der Waals surface area contributed by atoms with E-state index in [2.05, 4.69) is 0 Å². The maximum absolute atomic E-state index is 12.1. The average molecular weight is 253 g/mol. The fraction of sp³-hybridized carbons (Fsp3) is 0.769. The Morgan fingerprint density at radius 2 is 1.78 bits per heavy atom. The molecule has 2 fully saturated rings. The van der Waals surface area contributed by atoms with Crippen molar-refractivity contribution in [2.75, 3.05) is 6.54 Å². The van der Waals surface area contributed by atoms with Crippen LogP contribution in [0.3, 0.4) is 0 Å². The smallest absolute Gasteiger partial charge is 0.306 e. The van der Waals surface area contributed by atoms with Crippen molar-refractivity contribution in [3.63, 3.8) is 0 Å². The van der Waals surface area contributed by atoms with E-state index in [9.17, 15) is 14.4 Å². The van der Waals surface area contributed by atoms with Gasteiger partial charge in [0.05, 0.1) is 17.8 Å². The van der Waals surface area contributed by atoms with Crippen LogP contribution in [0.1, 0.15) is 39.0 Å². The second-order valence-electron chi connectivity index (χ2n) is 5.35. The summed E-state index contributed by atoms with van der Waals surface area (Å²) in [7, 11) is 0. The van der Waals surface area contributed by atoms with Gasteiger partial charge in [0.2, 0.25) is 11.8 Å². The van der Waals surface area contributed by atoms with Gasteiger partial charge in [-0.05, 0) is 19.3 Å². The van der Waals surface area contributed by atoms with Crippen molar-refractivity contribution >= 4 is 17.8 Å². The lowest BCUT2D eigenvalue weighted by Gasteiger charge is -2.19. The third-order valence-corrected chi connectivity index (χ3v) is 4.14. The number of hydrogen-bond acceptors (Lipinski definition) is 3. The third-order valence-electron chi connectivity index (χ3n) is 4.14. The van der Waals surface area contributed by atoms with Crippen molar-refractivity contribution < 1.29 is 19.5 Å². The standard InChI is InChI=1S/C13H19NO4/c1-8(13(17)18)6-7-14-11(15)9-4-2-3-5-10(9)12(14)16/h8-10H,2-7H2,1H3,(H,17,18). The summed E-state index contributed by atoms with van der Waals surface area (Å²) in [6.45, 7) is 1.85. The molecule has 100 valence electrons. The quantitative estimate of drug-likeness (QED) is 0.766. The molecule has 1 saturated heterocycles. The van der Waals surface area contributed by atoms with Crippen molar-refractivity contribution in [2.45, 2.75) is 39.0 Å². The van der Waals surface area contributed by atoms with E-state index < -0.39 is 11.9 Å². The zero-order chi connectivity index (χ0) is 13.3. The molecule has 1 aliphatic heterocycles. The van der Waals surface area contributed by atoms with Crippen molar-refractivity contribution in [1.29, 1.82) is 0 Å². The summed E-state index contributed by atoms with van der Waals surface area (Å²) in [5.74, 6) is -1.83. The Morgan fingerprint density at radius 3 is 2.22 bits per heavy atom. The molecule has 0 spiro atoms. The van der Waals surface area contributed by atoms with E-state index in [1.165, 1.54) is 4.90 Å². The van der Waals surface area contributed by atoms with E-state index in [1.807, 2.05) is 0 Å². The molecule has 5 nitrogen and oxygen atoms in total. The van der Waals surface area contributed by atoms with Gasteiger partial charge in [0.1, 0.15) is 0 Å². The van der Waals surface area contributed by atoms with Gasteiger partial charge in [-0.1, -0.05) is 19.8 Å². The van der Waals surface area contributed by atoms with E-state index in [-0.39, 0.29) is 30.2 Å². The molecule has 3 unspecified atom stereocenters. The van der Waals surface area contributed by atoms with Crippen LogP contribution in [-0.2, 0) is 14.4 Å². The summed E-state index contributed by atoms with van der Waals surface area (Å²) in [6.07, 6.45) is 3.98. The van der Waals surface area contributed by atoms with Gasteiger partial charge in [-0.15, -0.1) is 0 Å². The summed E-state index contributed by atoms with van der Waals surface area (Å²) in [5, 5.41) is 8.81. The predicted octanol–water partition coefficient (Wildman–Crippen LogP) is 1.27. The van der Waals surface area contributed by atoms with Crippen molar-refractivity contribution in [2.24, 2.45) is 17.8 Å². The van der Waals surface area contributed by atoms with Crippen LogP contribution >= 0.6 is 0 Å². The highest BCUT2D eigenvalue weighted by Gasteiger charge is 2.47. The lowest BCUT2D eigenvalue weighted by Crippen LogP contribution is -2.33. The minimum Gasteiger partial charge on any atom is -0.481 e. The fourth-order valence-corrected chi connectivity index (χ4v) is 2.90. The van der Waals surface area contributed by atoms with E-state index in [1.54, 1.807) is 6.92 Å². The second kappa shape index (κ2) is 5.08. The first kappa shape index (κ1) is 13.1. The van der Waals surface area contributed by atoms with Crippen molar-refractivity contribution in [1.82, 2.24) is 4.90 Å². The van der Waals surface area contributed by atoms with Crippen molar-refractivity contribution in [3.05, 3.63) is 0 Å². The van der Waals surface area contributed by atoms with Crippen LogP contribution in [0.2, 0.25) is 0 Å². The van der Waals surface area contributed by atoms with Gasteiger partial charge in [-0.25, -0.2) is 0 Å². The number of carboxylic acid groups (broad SMARTS) is 1. The molecule has 1 heterocycles. The van der Waals surface area contributed by atoms with Gasteiger partial charge in [0.25, 0.3) is 0 Å². The SMILES string of the molecule is CC(CCN1C(=O)C2CCCCC2C1=O)C(=O)O. The molecule has 1 aliphatic carbocycles. The van der Waals surface area contributed by atoms with Gasteiger partial charge in [-0.2, -0.15) is 0 Å². The van der Waals surface area contributed by atoms with Crippen LogP contribution in [0.5, 0.6) is 0 Å². The first-order valence-corrected chi connectivity index (χ1v) is 6.60. The average Bonchev–Trinajstić information content (AvgIpc) is 2.60. The number of aliphatic carboxylic acids is 1. The van der Waals surface area contributed by atoms with Crippen LogP contribution in [0.4, 0.5) is 0 Å². The minimum absolute atomic E-state index is 0.0812. The van der Waals surface area contributed by atoms with Gasteiger partial charge >= 0.3 is 5.97 Å². The second-order valence-corrected chi connectivity index (χ2v) is 5.35. The summed E-state index contributed by atoms with van der Waals surface area (Å²) in [4.78, 5) is 36.2. The highest BCUT2D eigenvalue weighted by molar-refractivity contribution is 6.05. The Kier molecular flexibility index (Phi) is 3.68. The maximum atomic E-state index is 12.1. The van der Waals surface area contributed by atoms with Crippen LogP contribution in [-0.4, -0.2) is 34.3 Å². The molecular weight excluding hydrogens is 234 g/mol. The predicted molar refractivity (Wildman–Crippen MR) is 63.6 cm³/mol. The van der Waals surface area contributed by atoms with Crippen LogP contribution < -0.4 is 0 Å². The number of nitrogens with zero attached hydrogens (tertiary/aromatic N) is 1. The Morgan fingerprint density at radius 1 is 1.28 bits per heavy atom. The third kappa shape index (κ3) is 2.26. The fourth-order valence-electron chi connectivity index (χ4n) is 2.90. The lowest BCUT2D eigenvalue weighted by atomic mass is 9.81. The molecule has 2 amide bonds. The molecule has 0 aromatic heterocycles. The summed E-state index contributed by atoms with van der Waals surface area (Å²) >= 11 is 0. The van der Waals surface area contributed by atoms with Crippen LogP contribution in [0.25, 0.3) is 0 Å². The number of fused-ring (bicyclic) bond motifs is 1. The first-order valence-electron chi connectivity index (χ1n) is 6.60. The van der Waals surface area contributed by atoms with E-state index in [4.69, 9.17) is 5.11 Å². The Labute approximate surface area is 106 Å². The Balaban J connectivity index is 1.98. The van der Waals surface area contributed by atoms with Crippen LogP contribution in [0.15, 0.2) is 0 Å². The molecule has 1 saturated carbocycles. The van der Waals surface area contributed by atoms with Crippen molar-refractivity contribution in [3.8, 4) is 0 Å². The van der Waals surface area contributed by atoms with E-state index >= 15 is 0 Å². The number of imide groups is 1. The molecule has 3 atom stereocenters. The van der Waals surface area contributed by atoms with Gasteiger partial charge in [-0.3, -0.25) is 19.3 Å². The van der Waals surface area contributed by atoms with E-state index in [0.29, 0.717) is 6.42 Å². The molecule has 18 heavy (non-hydrogen) atoms. The zero-order valence-corrected chi connectivity index (χ0v) is 10.6. The zero-order valence-electron chi connectivity index (χ0n) is 10.6. The summed E-state index contributed by atoms with van der Waals surface area (Å²) < 4.78 is 0. The number of hydrogen-bond donors (Lipinski definition) is 1. The highest BCUT2D eigenvalue weighted by atomic mass is 16.4. The topological polar surface area (TPSA) is 74.7 Å².